The van der Waals surface area contributed by atoms with Gasteiger partial charge in [-0.1, -0.05) is 0 Å². The highest BCUT2D eigenvalue weighted by atomic mass is 19.1. The number of nitrogens with zero attached hydrogens (tertiary/aromatic N) is 1. The van der Waals surface area contributed by atoms with Crippen molar-refractivity contribution in [3.8, 4) is 0 Å². The van der Waals surface area contributed by atoms with E-state index >= 15 is 0 Å². The van der Waals surface area contributed by atoms with E-state index in [1.54, 1.807) is 6.07 Å². The van der Waals surface area contributed by atoms with Gasteiger partial charge < -0.3 is 10.3 Å². The molecule has 2 N–H and O–H groups in total. The lowest BCUT2D eigenvalue weighted by molar-refractivity contribution is 0.628. The van der Waals surface area contributed by atoms with Crippen LogP contribution in [0, 0.1) is 5.82 Å². The number of fused-ring (bicyclic) bond motifs is 1. The maximum Gasteiger partial charge on any atom is 0.125 e. The van der Waals surface area contributed by atoms with Crippen molar-refractivity contribution >= 4 is 10.9 Å². The summed E-state index contributed by atoms with van der Waals surface area (Å²) < 4.78 is 15.3. The van der Waals surface area contributed by atoms with E-state index in [1.807, 2.05) is 13.0 Å². The molecule has 3 heteroatoms. The molecule has 1 atom stereocenters. The predicted molar refractivity (Wildman–Crippen MR) is 64.9 cm³/mol. The van der Waals surface area contributed by atoms with Gasteiger partial charge in [-0.2, -0.15) is 0 Å². The second-order valence-corrected chi connectivity index (χ2v) is 4.28. The fraction of sp³-hybridized carbons (Fsp3) is 0.385. The molecule has 1 heterocycles. The van der Waals surface area contributed by atoms with Crippen molar-refractivity contribution in [1.29, 1.82) is 0 Å². The minimum atomic E-state index is -0.187. The third kappa shape index (κ3) is 1.95. The van der Waals surface area contributed by atoms with Crippen molar-refractivity contribution in [2.75, 3.05) is 0 Å². The van der Waals surface area contributed by atoms with E-state index in [9.17, 15) is 4.39 Å². The second kappa shape index (κ2) is 4.26. The summed E-state index contributed by atoms with van der Waals surface area (Å²) in [5.41, 5.74) is 7.97. The van der Waals surface area contributed by atoms with Crippen LogP contribution < -0.4 is 5.73 Å². The van der Waals surface area contributed by atoms with Crippen LogP contribution in [0.1, 0.15) is 19.4 Å². The molecule has 2 aromatic rings. The molecule has 0 aliphatic carbocycles. The summed E-state index contributed by atoms with van der Waals surface area (Å²) in [7, 11) is 0. The van der Waals surface area contributed by atoms with Gasteiger partial charge in [-0.05, 0) is 44.0 Å². The van der Waals surface area contributed by atoms with Gasteiger partial charge in [-0.15, -0.1) is 0 Å². The number of nitrogens with two attached hydrogens (primary N) is 1. The molecule has 86 valence electrons. The summed E-state index contributed by atoms with van der Waals surface area (Å²) in [4.78, 5) is 0. The number of aryl methyl sites for hydroxylation is 1. The molecule has 0 saturated heterocycles. The van der Waals surface area contributed by atoms with Crippen LogP contribution in [0.25, 0.3) is 10.9 Å². The molecule has 2 nitrogen and oxygen atoms in total. The molecular formula is C13H17FN2. The molecule has 1 aromatic heterocycles. The van der Waals surface area contributed by atoms with Crippen molar-refractivity contribution < 1.29 is 4.39 Å². The maximum atomic E-state index is 13.2. The van der Waals surface area contributed by atoms with E-state index in [1.165, 1.54) is 11.6 Å². The van der Waals surface area contributed by atoms with Gasteiger partial charge in [0.25, 0.3) is 0 Å². The van der Waals surface area contributed by atoms with Crippen molar-refractivity contribution in [1.82, 2.24) is 4.57 Å². The minimum absolute atomic E-state index is 0.126. The number of halogens is 1. The molecular weight excluding hydrogens is 203 g/mol. The van der Waals surface area contributed by atoms with E-state index in [-0.39, 0.29) is 11.9 Å². The van der Waals surface area contributed by atoms with Crippen LogP contribution in [0.5, 0.6) is 0 Å². The predicted octanol–water partition coefficient (Wildman–Crippen LogP) is 2.69. The molecule has 0 amide bonds. The molecule has 0 aliphatic rings. The summed E-state index contributed by atoms with van der Waals surface area (Å²) in [5, 5.41) is 1.11. The Hall–Kier alpha value is -1.35. The van der Waals surface area contributed by atoms with Crippen LogP contribution in [0.3, 0.4) is 0 Å². The Kier molecular flexibility index (Phi) is 2.97. The highest BCUT2D eigenvalue weighted by Crippen LogP contribution is 2.23. The molecule has 0 radical (unpaired) electrons. The van der Waals surface area contributed by atoms with E-state index < -0.39 is 0 Å². The van der Waals surface area contributed by atoms with Crippen LogP contribution in [0.2, 0.25) is 0 Å². The zero-order valence-corrected chi connectivity index (χ0v) is 9.70. The van der Waals surface area contributed by atoms with Crippen LogP contribution in [0.15, 0.2) is 24.4 Å². The lowest BCUT2D eigenvalue weighted by Crippen LogP contribution is -2.17. The van der Waals surface area contributed by atoms with Crippen LogP contribution >= 0.6 is 0 Å². The summed E-state index contributed by atoms with van der Waals surface area (Å²) in [5.74, 6) is -0.187. The Balaban J connectivity index is 2.58. The molecule has 1 unspecified atom stereocenters. The standard InChI is InChI=1S/C13H17FN2/c1-3-16-8-10(6-9(2)15)12-5-4-11(14)7-13(12)16/h4-5,7-9H,3,6,15H2,1-2H3. The number of aromatic nitrogens is 1. The van der Waals surface area contributed by atoms with Gasteiger partial charge in [0.05, 0.1) is 5.52 Å². The smallest absolute Gasteiger partial charge is 0.125 e. The topological polar surface area (TPSA) is 30.9 Å². The summed E-state index contributed by atoms with van der Waals surface area (Å²) in [6, 6.07) is 5.06. The summed E-state index contributed by atoms with van der Waals surface area (Å²) in [6.45, 7) is 4.89. The Morgan fingerprint density at radius 3 is 2.81 bits per heavy atom. The van der Waals surface area contributed by atoms with E-state index in [0.717, 1.165) is 23.9 Å². The lowest BCUT2D eigenvalue weighted by Gasteiger charge is -2.02. The summed E-state index contributed by atoms with van der Waals surface area (Å²) >= 11 is 0. The highest BCUT2D eigenvalue weighted by Gasteiger charge is 2.09. The van der Waals surface area contributed by atoms with Crippen LogP contribution in [-0.2, 0) is 13.0 Å². The Labute approximate surface area is 94.9 Å². The van der Waals surface area contributed by atoms with Crippen molar-refractivity contribution in [3.63, 3.8) is 0 Å². The first-order valence-electron chi connectivity index (χ1n) is 5.64. The van der Waals surface area contributed by atoms with E-state index in [0.29, 0.717) is 0 Å². The molecule has 0 aliphatic heterocycles. The molecule has 16 heavy (non-hydrogen) atoms. The normalized spacial score (nSPS) is 13.2. The summed E-state index contributed by atoms with van der Waals surface area (Å²) in [6.07, 6.45) is 2.91. The molecule has 1 aromatic carbocycles. The SMILES string of the molecule is CCn1cc(CC(C)N)c2ccc(F)cc21. The van der Waals surface area contributed by atoms with E-state index in [4.69, 9.17) is 5.73 Å². The zero-order valence-electron chi connectivity index (χ0n) is 9.70. The molecule has 0 bridgehead atoms. The quantitative estimate of drug-likeness (QED) is 0.847. The Morgan fingerprint density at radius 2 is 2.19 bits per heavy atom. The monoisotopic (exact) mass is 220 g/mol. The van der Waals surface area contributed by atoms with Gasteiger partial charge in [0.1, 0.15) is 5.82 Å². The van der Waals surface area contributed by atoms with Gasteiger partial charge in [-0.25, -0.2) is 4.39 Å². The Bertz CT molecular complexity index is 500. The molecule has 2 rings (SSSR count). The average Bonchev–Trinajstić information content (AvgIpc) is 2.55. The van der Waals surface area contributed by atoms with Crippen molar-refractivity contribution in [2.45, 2.75) is 32.9 Å². The fourth-order valence-corrected chi connectivity index (χ4v) is 2.11. The average molecular weight is 220 g/mol. The van der Waals surface area contributed by atoms with Crippen LogP contribution in [-0.4, -0.2) is 10.6 Å². The third-order valence-electron chi connectivity index (χ3n) is 2.81. The fourth-order valence-electron chi connectivity index (χ4n) is 2.11. The number of benzene rings is 1. The first kappa shape index (κ1) is 11.1. The van der Waals surface area contributed by atoms with Gasteiger partial charge >= 0.3 is 0 Å². The van der Waals surface area contributed by atoms with Gasteiger partial charge in [-0.3, -0.25) is 0 Å². The van der Waals surface area contributed by atoms with Gasteiger partial charge in [0.2, 0.25) is 0 Å². The largest absolute Gasteiger partial charge is 0.347 e. The maximum absolute atomic E-state index is 13.2. The van der Waals surface area contributed by atoms with Crippen molar-refractivity contribution in [2.24, 2.45) is 5.73 Å². The van der Waals surface area contributed by atoms with Crippen LogP contribution in [0.4, 0.5) is 4.39 Å². The highest BCUT2D eigenvalue weighted by molar-refractivity contribution is 5.84. The molecule has 0 saturated carbocycles. The Morgan fingerprint density at radius 1 is 1.44 bits per heavy atom. The first-order chi connectivity index (χ1) is 7.61. The number of hydrogen-bond acceptors (Lipinski definition) is 1. The molecule has 0 fully saturated rings. The van der Waals surface area contributed by atoms with Crippen molar-refractivity contribution in [3.05, 3.63) is 35.8 Å². The first-order valence-corrected chi connectivity index (χ1v) is 5.64. The number of rotatable bonds is 3. The number of hydrogen-bond donors (Lipinski definition) is 1. The zero-order chi connectivity index (χ0) is 11.7. The lowest BCUT2D eigenvalue weighted by atomic mass is 10.1. The van der Waals surface area contributed by atoms with E-state index in [2.05, 4.69) is 17.7 Å². The molecule has 0 spiro atoms. The van der Waals surface area contributed by atoms with Gasteiger partial charge in [0, 0.05) is 24.2 Å². The third-order valence-corrected chi connectivity index (χ3v) is 2.81. The van der Waals surface area contributed by atoms with Gasteiger partial charge in [0.15, 0.2) is 0 Å². The second-order valence-electron chi connectivity index (χ2n) is 4.28. The minimum Gasteiger partial charge on any atom is -0.347 e.